The van der Waals surface area contributed by atoms with Crippen molar-refractivity contribution < 1.29 is 23.1 Å². The third kappa shape index (κ3) is 3.75. The van der Waals surface area contributed by atoms with Gasteiger partial charge in [0.15, 0.2) is 0 Å². The van der Waals surface area contributed by atoms with Crippen LogP contribution >= 0.6 is 0 Å². The minimum Gasteiger partial charge on any atom is -0.481 e. The van der Waals surface area contributed by atoms with Gasteiger partial charge in [0.2, 0.25) is 5.91 Å². The molecule has 21 heavy (non-hydrogen) atoms. The van der Waals surface area contributed by atoms with Gasteiger partial charge in [-0.3, -0.25) is 9.59 Å². The van der Waals surface area contributed by atoms with Gasteiger partial charge in [0, 0.05) is 19.3 Å². The van der Waals surface area contributed by atoms with Crippen LogP contribution in [-0.2, 0) is 19.4 Å². The van der Waals surface area contributed by atoms with Gasteiger partial charge < -0.3 is 10.0 Å². The number of amides is 1. The Labute approximate surface area is 125 Å². The van der Waals surface area contributed by atoms with Crippen LogP contribution in [0.4, 0.5) is 0 Å². The molecule has 1 heterocycles. The first-order valence-electron chi connectivity index (χ1n) is 7.51. The quantitative estimate of drug-likeness (QED) is 0.778. The summed E-state index contributed by atoms with van der Waals surface area (Å²) < 4.78 is 23.0. The van der Waals surface area contributed by atoms with E-state index in [1.807, 2.05) is 0 Å². The lowest BCUT2D eigenvalue weighted by atomic mass is 9.89. The normalized spacial score (nSPS) is 23.2. The maximum atomic E-state index is 12.5. The zero-order valence-corrected chi connectivity index (χ0v) is 13.1. The molecule has 6 nitrogen and oxygen atoms in total. The van der Waals surface area contributed by atoms with Crippen molar-refractivity contribution in [2.24, 2.45) is 11.8 Å². The molecular formula is C14H23NO5S. The molecule has 1 atom stereocenters. The van der Waals surface area contributed by atoms with E-state index in [1.165, 1.54) is 6.26 Å². The Hall–Kier alpha value is -1.11. The topological polar surface area (TPSA) is 91.8 Å². The van der Waals surface area contributed by atoms with Gasteiger partial charge in [0.25, 0.3) is 0 Å². The monoisotopic (exact) mass is 317 g/mol. The molecule has 120 valence electrons. The van der Waals surface area contributed by atoms with E-state index >= 15 is 0 Å². The van der Waals surface area contributed by atoms with E-state index in [1.54, 1.807) is 4.90 Å². The molecule has 2 fully saturated rings. The number of carboxylic acid groups (broad SMARTS) is 1. The van der Waals surface area contributed by atoms with E-state index in [0.29, 0.717) is 25.9 Å². The summed E-state index contributed by atoms with van der Waals surface area (Å²) in [5.41, 5.74) is 0. The van der Waals surface area contributed by atoms with Gasteiger partial charge in [-0.15, -0.1) is 0 Å². The molecule has 0 aromatic heterocycles. The number of nitrogens with zero attached hydrogens (tertiary/aromatic N) is 1. The summed E-state index contributed by atoms with van der Waals surface area (Å²) in [5, 5.41) is 8.97. The minimum absolute atomic E-state index is 0.0670. The molecule has 1 unspecified atom stereocenters. The summed E-state index contributed by atoms with van der Waals surface area (Å²) in [7, 11) is -3.08. The fourth-order valence-corrected chi connectivity index (χ4v) is 4.57. The lowest BCUT2D eigenvalue weighted by Crippen LogP contribution is -2.47. The molecule has 2 aliphatic rings. The molecule has 1 saturated carbocycles. The van der Waals surface area contributed by atoms with Crippen molar-refractivity contribution in [2.75, 3.05) is 19.3 Å². The Morgan fingerprint density at radius 1 is 1.10 bits per heavy atom. The van der Waals surface area contributed by atoms with Gasteiger partial charge in [-0.05, 0) is 31.6 Å². The first kappa shape index (κ1) is 16.3. The number of aliphatic carboxylic acids is 1. The Bertz CT molecular complexity index is 501. The predicted molar refractivity (Wildman–Crippen MR) is 77.5 cm³/mol. The van der Waals surface area contributed by atoms with Crippen molar-refractivity contribution in [1.82, 2.24) is 4.90 Å². The molecule has 2 rings (SSSR count). The van der Waals surface area contributed by atoms with Gasteiger partial charge in [-0.1, -0.05) is 12.8 Å². The van der Waals surface area contributed by atoms with Crippen LogP contribution in [0.15, 0.2) is 0 Å². The Balaban J connectivity index is 2.01. The fraction of sp³-hybridized carbons (Fsp3) is 0.857. The van der Waals surface area contributed by atoms with Gasteiger partial charge >= 0.3 is 5.97 Å². The number of likely N-dealkylation sites (tertiary alicyclic amines) is 1. The number of rotatable bonds is 4. The third-order valence-corrected chi connectivity index (χ3v) is 6.44. The second-order valence-corrected chi connectivity index (χ2v) is 8.54. The van der Waals surface area contributed by atoms with Gasteiger partial charge in [0.05, 0.1) is 5.25 Å². The van der Waals surface area contributed by atoms with Crippen LogP contribution in [0.2, 0.25) is 0 Å². The Morgan fingerprint density at radius 2 is 1.62 bits per heavy atom. The summed E-state index contributed by atoms with van der Waals surface area (Å²) in [6.07, 6.45) is 5.58. The smallest absolute Gasteiger partial charge is 0.316 e. The molecule has 0 radical (unpaired) electrons. The lowest BCUT2D eigenvalue weighted by Gasteiger charge is -2.33. The highest BCUT2D eigenvalue weighted by Gasteiger charge is 2.40. The molecule has 1 N–H and O–H groups in total. The molecular weight excluding hydrogens is 294 g/mol. The second-order valence-electron chi connectivity index (χ2n) is 6.21. The number of carbonyl (C=O) groups excluding carboxylic acids is 1. The molecule has 0 aromatic carbocycles. The molecule has 1 aliphatic heterocycles. The molecule has 1 amide bonds. The molecule has 1 aliphatic carbocycles. The van der Waals surface area contributed by atoms with Crippen molar-refractivity contribution in [3.8, 4) is 0 Å². The van der Waals surface area contributed by atoms with Gasteiger partial charge in [-0.25, -0.2) is 8.42 Å². The van der Waals surface area contributed by atoms with Crippen LogP contribution in [0.1, 0.15) is 38.5 Å². The van der Waals surface area contributed by atoms with E-state index in [-0.39, 0.29) is 11.8 Å². The highest BCUT2D eigenvalue weighted by molar-refractivity contribution is 7.91. The van der Waals surface area contributed by atoms with Crippen LogP contribution in [0, 0.1) is 11.8 Å². The highest BCUT2D eigenvalue weighted by Crippen LogP contribution is 2.33. The second kappa shape index (κ2) is 6.34. The van der Waals surface area contributed by atoms with Crippen molar-refractivity contribution in [2.45, 2.75) is 43.8 Å². The van der Waals surface area contributed by atoms with Crippen LogP contribution in [0.25, 0.3) is 0 Å². The first-order chi connectivity index (χ1) is 9.80. The lowest BCUT2D eigenvalue weighted by molar-refractivity contribution is -0.154. The van der Waals surface area contributed by atoms with Crippen molar-refractivity contribution in [3.63, 3.8) is 0 Å². The van der Waals surface area contributed by atoms with E-state index in [0.717, 1.165) is 25.7 Å². The number of hydrogen-bond donors (Lipinski definition) is 1. The Kier molecular flexibility index (Phi) is 4.91. The van der Waals surface area contributed by atoms with E-state index < -0.39 is 27.0 Å². The summed E-state index contributed by atoms with van der Waals surface area (Å²) in [6.45, 7) is 0.681. The molecule has 7 heteroatoms. The summed E-state index contributed by atoms with van der Waals surface area (Å²) in [4.78, 5) is 25.5. The molecule has 0 bridgehead atoms. The van der Waals surface area contributed by atoms with E-state index in [2.05, 4.69) is 0 Å². The van der Waals surface area contributed by atoms with Crippen molar-refractivity contribution in [1.29, 1.82) is 0 Å². The summed E-state index contributed by atoms with van der Waals surface area (Å²) in [5.74, 6) is -2.40. The first-order valence-corrected chi connectivity index (χ1v) is 9.46. The van der Waals surface area contributed by atoms with Gasteiger partial charge in [-0.2, -0.15) is 0 Å². The standard InChI is InChI=1S/C14H23NO5S/c1-21(19,20)11-6-8-15(9-7-11)13(16)12(14(17)18)10-4-2-3-5-10/h10-12H,2-9H2,1H3,(H,17,18). The highest BCUT2D eigenvalue weighted by atomic mass is 32.2. The maximum Gasteiger partial charge on any atom is 0.316 e. The molecule has 0 spiro atoms. The number of carbonyl (C=O) groups is 2. The van der Waals surface area contributed by atoms with Crippen molar-refractivity contribution in [3.05, 3.63) is 0 Å². The summed E-state index contributed by atoms with van der Waals surface area (Å²) >= 11 is 0. The SMILES string of the molecule is CS(=O)(=O)C1CCN(C(=O)C(C(=O)O)C2CCCC2)CC1. The average molecular weight is 317 g/mol. The number of carboxylic acids is 1. The van der Waals surface area contributed by atoms with Crippen LogP contribution < -0.4 is 0 Å². The number of sulfone groups is 1. The minimum atomic E-state index is -3.08. The van der Waals surface area contributed by atoms with Gasteiger partial charge in [0.1, 0.15) is 15.8 Å². The molecule has 1 saturated heterocycles. The predicted octanol–water partition coefficient (Wildman–Crippen LogP) is 0.913. The third-order valence-electron chi connectivity index (χ3n) is 4.76. The van der Waals surface area contributed by atoms with E-state index in [4.69, 9.17) is 0 Å². The summed E-state index contributed by atoms with van der Waals surface area (Å²) in [6, 6.07) is 0. The average Bonchev–Trinajstić information content (AvgIpc) is 2.91. The largest absolute Gasteiger partial charge is 0.481 e. The van der Waals surface area contributed by atoms with E-state index in [9.17, 15) is 23.1 Å². The maximum absolute atomic E-state index is 12.5. The Morgan fingerprint density at radius 3 is 2.05 bits per heavy atom. The van der Waals surface area contributed by atoms with Crippen molar-refractivity contribution >= 4 is 21.7 Å². The fourth-order valence-electron chi connectivity index (χ4n) is 3.50. The molecule has 0 aromatic rings. The zero-order valence-electron chi connectivity index (χ0n) is 12.3. The number of piperidine rings is 1. The van der Waals surface area contributed by atoms with Crippen LogP contribution in [0.3, 0.4) is 0 Å². The zero-order chi connectivity index (χ0) is 15.6. The number of hydrogen-bond acceptors (Lipinski definition) is 4. The van der Waals surface area contributed by atoms with Crippen LogP contribution in [0.5, 0.6) is 0 Å². The van der Waals surface area contributed by atoms with Crippen LogP contribution in [-0.4, -0.2) is 54.9 Å².